The first-order valence-electron chi connectivity index (χ1n) is 8.62. The number of hydrogen-bond donors (Lipinski definition) is 5. The number of esters is 1. The molecule has 1 amide bonds. The standard InChI is InChI=1S/C18H27N3O6/c1-11(19)18(26)27-14(10-22)9-20-12(2)16(23)21-15(17(24)25)8-13-6-4-3-5-7-13/h3-7,11-12,14-15,20,22H,8-10,19H2,1-2H3,(H,21,23)(H,24,25)/t11-,12-,14?,15?/m0/s1. The summed E-state index contributed by atoms with van der Waals surface area (Å²) in [7, 11) is 0. The van der Waals surface area contributed by atoms with Gasteiger partial charge in [-0.1, -0.05) is 30.3 Å². The second-order valence-corrected chi connectivity index (χ2v) is 6.25. The van der Waals surface area contributed by atoms with E-state index in [9.17, 15) is 24.6 Å². The van der Waals surface area contributed by atoms with Crippen molar-refractivity contribution in [3.8, 4) is 0 Å². The summed E-state index contributed by atoms with van der Waals surface area (Å²) in [5.41, 5.74) is 6.18. The molecule has 0 aliphatic rings. The molecule has 2 unspecified atom stereocenters. The molecule has 9 nitrogen and oxygen atoms in total. The monoisotopic (exact) mass is 381 g/mol. The van der Waals surface area contributed by atoms with E-state index in [0.29, 0.717) is 0 Å². The number of carbonyl (C=O) groups excluding carboxylic acids is 2. The summed E-state index contributed by atoms with van der Waals surface area (Å²) in [6.07, 6.45) is -0.710. The molecule has 9 heteroatoms. The molecule has 27 heavy (non-hydrogen) atoms. The van der Waals surface area contributed by atoms with Crippen molar-refractivity contribution in [2.45, 2.75) is 44.5 Å². The lowest BCUT2D eigenvalue weighted by molar-refractivity contribution is -0.152. The minimum absolute atomic E-state index is 0.0139. The van der Waals surface area contributed by atoms with Gasteiger partial charge < -0.3 is 31.3 Å². The van der Waals surface area contributed by atoms with Crippen LogP contribution < -0.4 is 16.4 Å². The molecular formula is C18H27N3O6. The van der Waals surface area contributed by atoms with E-state index in [0.717, 1.165) is 5.56 Å². The summed E-state index contributed by atoms with van der Waals surface area (Å²) in [6.45, 7) is 2.57. The van der Waals surface area contributed by atoms with Gasteiger partial charge in [-0.2, -0.15) is 0 Å². The zero-order valence-corrected chi connectivity index (χ0v) is 15.4. The molecule has 4 atom stereocenters. The van der Waals surface area contributed by atoms with Crippen LogP contribution in [-0.4, -0.2) is 65.4 Å². The maximum absolute atomic E-state index is 12.3. The van der Waals surface area contributed by atoms with E-state index >= 15 is 0 Å². The Labute approximate surface area is 157 Å². The fourth-order valence-electron chi connectivity index (χ4n) is 2.16. The van der Waals surface area contributed by atoms with Crippen LogP contribution in [0.25, 0.3) is 0 Å². The minimum Gasteiger partial charge on any atom is -0.480 e. The average molecular weight is 381 g/mol. The number of carboxylic acids is 1. The van der Waals surface area contributed by atoms with Gasteiger partial charge in [0.2, 0.25) is 5.91 Å². The van der Waals surface area contributed by atoms with Gasteiger partial charge in [0.25, 0.3) is 0 Å². The van der Waals surface area contributed by atoms with Gasteiger partial charge in [-0.25, -0.2) is 4.79 Å². The number of ether oxygens (including phenoxy) is 1. The fourth-order valence-corrected chi connectivity index (χ4v) is 2.16. The Hall–Kier alpha value is -2.49. The molecule has 1 aromatic carbocycles. The van der Waals surface area contributed by atoms with Crippen molar-refractivity contribution in [1.82, 2.24) is 10.6 Å². The molecule has 6 N–H and O–H groups in total. The number of hydrogen-bond acceptors (Lipinski definition) is 7. The maximum Gasteiger partial charge on any atom is 0.326 e. The number of amides is 1. The highest BCUT2D eigenvalue weighted by Gasteiger charge is 2.24. The molecule has 0 bridgehead atoms. The number of aliphatic hydroxyl groups excluding tert-OH is 1. The molecule has 0 radical (unpaired) electrons. The molecule has 150 valence electrons. The topological polar surface area (TPSA) is 151 Å². The number of rotatable bonds is 11. The van der Waals surface area contributed by atoms with Crippen LogP contribution in [0.15, 0.2) is 30.3 Å². The zero-order valence-electron chi connectivity index (χ0n) is 15.4. The van der Waals surface area contributed by atoms with Crippen molar-refractivity contribution in [3.63, 3.8) is 0 Å². The molecular weight excluding hydrogens is 354 g/mol. The first-order chi connectivity index (χ1) is 12.7. The first-order valence-corrected chi connectivity index (χ1v) is 8.62. The quantitative estimate of drug-likeness (QED) is 0.307. The van der Waals surface area contributed by atoms with Crippen molar-refractivity contribution < 1.29 is 29.3 Å². The number of carboxylic acid groups (broad SMARTS) is 1. The lowest BCUT2D eigenvalue weighted by atomic mass is 10.1. The maximum atomic E-state index is 12.3. The van der Waals surface area contributed by atoms with Crippen molar-refractivity contribution in [2.75, 3.05) is 13.2 Å². The van der Waals surface area contributed by atoms with Gasteiger partial charge in [-0.05, 0) is 19.4 Å². The third kappa shape index (κ3) is 8.16. The van der Waals surface area contributed by atoms with Crippen LogP contribution >= 0.6 is 0 Å². The van der Waals surface area contributed by atoms with Gasteiger partial charge in [-0.3, -0.25) is 9.59 Å². The smallest absolute Gasteiger partial charge is 0.326 e. The molecule has 1 rings (SSSR count). The van der Waals surface area contributed by atoms with Crippen LogP contribution in [0.3, 0.4) is 0 Å². The van der Waals surface area contributed by atoms with E-state index < -0.39 is 48.7 Å². The van der Waals surface area contributed by atoms with Gasteiger partial charge in [0, 0.05) is 13.0 Å². The van der Waals surface area contributed by atoms with Gasteiger partial charge in [0.1, 0.15) is 18.2 Å². The number of nitrogens with two attached hydrogens (primary N) is 1. The number of benzene rings is 1. The van der Waals surface area contributed by atoms with Gasteiger partial charge in [0.05, 0.1) is 12.6 Å². The van der Waals surface area contributed by atoms with Crippen molar-refractivity contribution in [2.24, 2.45) is 5.73 Å². The SMILES string of the molecule is C[C@H](N)C(=O)OC(CO)CN[C@@H](C)C(=O)NC(Cc1ccccc1)C(=O)O. The van der Waals surface area contributed by atoms with E-state index in [4.69, 9.17) is 10.5 Å². The van der Waals surface area contributed by atoms with Crippen LogP contribution in [0.4, 0.5) is 0 Å². The largest absolute Gasteiger partial charge is 0.480 e. The van der Waals surface area contributed by atoms with Crippen molar-refractivity contribution in [1.29, 1.82) is 0 Å². The third-order valence-corrected chi connectivity index (χ3v) is 3.80. The third-order valence-electron chi connectivity index (χ3n) is 3.80. The average Bonchev–Trinajstić information content (AvgIpc) is 2.64. The van der Waals surface area contributed by atoms with Crippen LogP contribution in [0.5, 0.6) is 0 Å². The summed E-state index contributed by atoms with van der Waals surface area (Å²) in [5.74, 6) is -2.33. The van der Waals surface area contributed by atoms with Crippen LogP contribution in [-0.2, 0) is 25.5 Å². The zero-order chi connectivity index (χ0) is 20.4. The molecule has 0 aliphatic heterocycles. The van der Waals surface area contributed by atoms with E-state index in [2.05, 4.69) is 10.6 Å². The summed E-state index contributed by atoms with van der Waals surface area (Å²) >= 11 is 0. The number of nitrogens with one attached hydrogen (secondary N) is 2. The van der Waals surface area contributed by atoms with Gasteiger partial charge in [0.15, 0.2) is 0 Å². The van der Waals surface area contributed by atoms with Gasteiger partial charge >= 0.3 is 11.9 Å². The Morgan fingerprint density at radius 3 is 2.33 bits per heavy atom. The molecule has 0 spiro atoms. The number of aliphatic carboxylic acids is 1. The highest BCUT2D eigenvalue weighted by atomic mass is 16.6. The molecule has 0 saturated heterocycles. The Bertz CT molecular complexity index is 623. The van der Waals surface area contributed by atoms with Crippen molar-refractivity contribution >= 4 is 17.8 Å². The highest BCUT2D eigenvalue weighted by Crippen LogP contribution is 2.04. The summed E-state index contributed by atoms with van der Waals surface area (Å²) in [6, 6.07) is 6.30. The predicted molar refractivity (Wildman–Crippen MR) is 97.8 cm³/mol. The fraction of sp³-hybridized carbons (Fsp3) is 0.500. The Kier molecular flexibility index (Phi) is 9.41. The molecule has 0 fully saturated rings. The predicted octanol–water partition coefficient (Wildman–Crippen LogP) is -0.972. The van der Waals surface area contributed by atoms with E-state index in [1.165, 1.54) is 6.92 Å². The van der Waals surface area contributed by atoms with E-state index in [-0.39, 0.29) is 13.0 Å². The Balaban J connectivity index is 2.55. The van der Waals surface area contributed by atoms with E-state index in [1.54, 1.807) is 31.2 Å². The van der Waals surface area contributed by atoms with Crippen LogP contribution in [0, 0.1) is 0 Å². The van der Waals surface area contributed by atoms with Crippen molar-refractivity contribution in [3.05, 3.63) is 35.9 Å². The number of aliphatic hydroxyl groups is 1. The molecule has 1 aromatic rings. The minimum atomic E-state index is -1.14. The van der Waals surface area contributed by atoms with Gasteiger partial charge in [-0.15, -0.1) is 0 Å². The normalized spacial score (nSPS) is 15.3. The molecule has 0 saturated carbocycles. The summed E-state index contributed by atoms with van der Waals surface area (Å²) in [5, 5.41) is 23.9. The molecule has 0 aromatic heterocycles. The van der Waals surface area contributed by atoms with E-state index in [1.807, 2.05) is 6.07 Å². The molecule has 0 aliphatic carbocycles. The number of carbonyl (C=O) groups is 3. The second kappa shape index (κ2) is 11.3. The summed E-state index contributed by atoms with van der Waals surface area (Å²) in [4.78, 5) is 35.1. The summed E-state index contributed by atoms with van der Waals surface area (Å²) < 4.78 is 4.99. The lowest BCUT2D eigenvalue weighted by Gasteiger charge is -2.22. The highest BCUT2D eigenvalue weighted by molar-refractivity contribution is 5.86. The van der Waals surface area contributed by atoms with Crippen LogP contribution in [0.1, 0.15) is 19.4 Å². The Morgan fingerprint density at radius 2 is 1.81 bits per heavy atom. The second-order valence-electron chi connectivity index (χ2n) is 6.25. The van der Waals surface area contributed by atoms with Crippen LogP contribution in [0.2, 0.25) is 0 Å². The lowest BCUT2D eigenvalue weighted by Crippen LogP contribution is -2.51. The molecule has 0 heterocycles. The Morgan fingerprint density at radius 1 is 1.19 bits per heavy atom. The first kappa shape index (κ1) is 22.6.